The molecule has 0 unspecified atom stereocenters. The number of hydrogen-bond donors (Lipinski definition) is 1. The van der Waals surface area contributed by atoms with Crippen LogP contribution in [0, 0.1) is 0 Å². The minimum atomic E-state index is -0.463. The summed E-state index contributed by atoms with van der Waals surface area (Å²) in [6.45, 7) is 4.67. The van der Waals surface area contributed by atoms with Crippen LogP contribution < -0.4 is 10.1 Å². The Morgan fingerprint density at radius 2 is 1.96 bits per heavy atom. The maximum Gasteiger partial charge on any atom is 0.341 e. The van der Waals surface area contributed by atoms with E-state index in [9.17, 15) is 4.79 Å². The molecule has 0 aliphatic rings. The number of benzene rings is 2. The molecule has 26 heavy (non-hydrogen) atoms. The number of methoxy groups -OCH3 is 2. The van der Waals surface area contributed by atoms with E-state index in [1.54, 1.807) is 6.08 Å². The van der Waals surface area contributed by atoms with Gasteiger partial charge in [-0.25, -0.2) is 4.79 Å². The summed E-state index contributed by atoms with van der Waals surface area (Å²) in [6, 6.07) is 15.2. The van der Waals surface area contributed by atoms with Crippen molar-refractivity contribution < 1.29 is 19.0 Å². The maximum absolute atomic E-state index is 12.0. The van der Waals surface area contributed by atoms with Gasteiger partial charge in [0.15, 0.2) is 0 Å². The van der Waals surface area contributed by atoms with Gasteiger partial charge in [-0.2, -0.15) is 0 Å². The van der Waals surface area contributed by atoms with E-state index in [0.29, 0.717) is 24.3 Å². The summed E-state index contributed by atoms with van der Waals surface area (Å²) in [7, 11) is 2.83. The maximum atomic E-state index is 12.0. The molecule has 0 aliphatic heterocycles. The Labute approximate surface area is 153 Å². The number of nitrogens with one attached hydrogen (secondary N) is 1. The Morgan fingerprint density at radius 3 is 2.69 bits per heavy atom. The van der Waals surface area contributed by atoms with E-state index in [4.69, 9.17) is 14.2 Å². The molecular weight excluding hydrogens is 330 g/mol. The summed E-state index contributed by atoms with van der Waals surface area (Å²) in [5.74, 6) is 0.263. The Balaban J connectivity index is 2.19. The predicted octanol–water partition coefficient (Wildman–Crippen LogP) is 4.02. The highest BCUT2D eigenvalue weighted by atomic mass is 16.5. The molecule has 0 aliphatic carbocycles. The first-order valence-electron chi connectivity index (χ1n) is 8.16. The molecule has 0 aromatic heterocycles. The number of carbonyl (C=O) groups is 1. The van der Waals surface area contributed by atoms with Crippen LogP contribution in [-0.4, -0.2) is 26.7 Å². The first kappa shape index (κ1) is 19.1. The third-order valence-electron chi connectivity index (χ3n) is 3.63. The molecule has 0 heterocycles. The van der Waals surface area contributed by atoms with E-state index in [1.807, 2.05) is 48.5 Å². The Morgan fingerprint density at radius 1 is 1.15 bits per heavy atom. The molecule has 0 radical (unpaired) electrons. The standard InChI is InChI=1S/C21H23NO4/c1-4-12-22-17-9-7-10-18(13-17)26-14-16-8-5-6-11-19(16)20(15-24-2)21(23)25-3/h4-11,13,15,22H,1,12,14H2,2-3H3. The van der Waals surface area contributed by atoms with Crippen molar-refractivity contribution in [1.82, 2.24) is 0 Å². The van der Waals surface area contributed by atoms with Gasteiger partial charge in [0.2, 0.25) is 0 Å². The van der Waals surface area contributed by atoms with E-state index >= 15 is 0 Å². The number of rotatable bonds is 9. The molecule has 5 nitrogen and oxygen atoms in total. The van der Waals surface area contributed by atoms with E-state index in [-0.39, 0.29) is 0 Å². The fourth-order valence-electron chi connectivity index (χ4n) is 2.41. The monoisotopic (exact) mass is 353 g/mol. The average Bonchev–Trinajstić information content (AvgIpc) is 2.69. The van der Waals surface area contributed by atoms with Crippen LogP contribution in [0.15, 0.2) is 67.4 Å². The second-order valence-corrected chi connectivity index (χ2v) is 5.40. The largest absolute Gasteiger partial charge is 0.503 e. The normalized spacial score (nSPS) is 10.8. The zero-order chi connectivity index (χ0) is 18.8. The van der Waals surface area contributed by atoms with Gasteiger partial charge in [0.25, 0.3) is 0 Å². The van der Waals surface area contributed by atoms with Crippen molar-refractivity contribution in [2.75, 3.05) is 26.1 Å². The van der Waals surface area contributed by atoms with Gasteiger partial charge in [-0.1, -0.05) is 36.4 Å². The molecule has 136 valence electrons. The fraction of sp³-hybridized carbons (Fsp3) is 0.190. The lowest BCUT2D eigenvalue weighted by atomic mass is 10.0. The molecule has 2 aromatic carbocycles. The van der Waals surface area contributed by atoms with Gasteiger partial charge in [-0.3, -0.25) is 0 Å². The highest BCUT2D eigenvalue weighted by Crippen LogP contribution is 2.24. The highest BCUT2D eigenvalue weighted by molar-refractivity contribution is 6.16. The molecule has 1 N–H and O–H groups in total. The average molecular weight is 353 g/mol. The van der Waals surface area contributed by atoms with Crippen molar-refractivity contribution in [2.45, 2.75) is 6.61 Å². The molecule has 2 aromatic rings. The van der Waals surface area contributed by atoms with Gasteiger partial charge in [0.1, 0.15) is 17.9 Å². The molecule has 0 bridgehead atoms. The van der Waals surface area contributed by atoms with Gasteiger partial charge in [-0.05, 0) is 23.3 Å². The van der Waals surface area contributed by atoms with Crippen LogP contribution in [0.1, 0.15) is 11.1 Å². The van der Waals surface area contributed by atoms with Crippen LogP contribution in [0.25, 0.3) is 5.57 Å². The van der Waals surface area contributed by atoms with E-state index in [0.717, 1.165) is 17.0 Å². The third kappa shape index (κ3) is 5.14. The van der Waals surface area contributed by atoms with Crippen LogP contribution in [0.5, 0.6) is 5.75 Å². The Kier molecular flexibility index (Phi) is 7.31. The van der Waals surface area contributed by atoms with Gasteiger partial charge in [0.05, 0.1) is 20.5 Å². The van der Waals surface area contributed by atoms with E-state index in [2.05, 4.69) is 11.9 Å². The quantitative estimate of drug-likeness (QED) is 0.319. The fourth-order valence-corrected chi connectivity index (χ4v) is 2.41. The summed E-state index contributed by atoms with van der Waals surface area (Å²) < 4.78 is 15.8. The van der Waals surface area contributed by atoms with E-state index in [1.165, 1.54) is 20.5 Å². The van der Waals surface area contributed by atoms with Crippen LogP contribution in [0.3, 0.4) is 0 Å². The molecule has 0 amide bonds. The number of ether oxygens (including phenoxy) is 3. The topological polar surface area (TPSA) is 56.8 Å². The van der Waals surface area contributed by atoms with Crippen molar-refractivity contribution in [1.29, 1.82) is 0 Å². The minimum Gasteiger partial charge on any atom is -0.503 e. The van der Waals surface area contributed by atoms with E-state index < -0.39 is 5.97 Å². The zero-order valence-electron chi connectivity index (χ0n) is 15.0. The Hall–Kier alpha value is -3.21. The molecule has 0 atom stereocenters. The van der Waals surface area contributed by atoms with Crippen LogP contribution in [0.4, 0.5) is 5.69 Å². The smallest absolute Gasteiger partial charge is 0.341 e. The molecule has 0 saturated carbocycles. The van der Waals surface area contributed by atoms with Gasteiger partial charge < -0.3 is 19.5 Å². The first-order valence-corrected chi connectivity index (χ1v) is 8.16. The van der Waals surface area contributed by atoms with Gasteiger partial charge >= 0.3 is 5.97 Å². The number of anilines is 1. The Bertz CT molecular complexity index is 783. The molecule has 2 rings (SSSR count). The predicted molar refractivity (Wildman–Crippen MR) is 103 cm³/mol. The van der Waals surface area contributed by atoms with Crippen molar-refractivity contribution in [3.63, 3.8) is 0 Å². The second-order valence-electron chi connectivity index (χ2n) is 5.40. The number of hydrogen-bond acceptors (Lipinski definition) is 5. The highest BCUT2D eigenvalue weighted by Gasteiger charge is 2.16. The minimum absolute atomic E-state index is 0.305. The lowest BCUT2D eigenvalue weighted by Crippen LogP contribution is -2.08. The van der Waals surface area contributed by atoms with Crippen molar-refractivity contribution in [2.24, 2.45) is 0 Å². The zero-order valence-corrected chi connectivity index (χ0v) is 15.0. The van der Waals surface area contributed by atoms with Crippen LogP contribution >= 0.6 is 0 Å². The van der Waals surface area contributed by atoms with Crippen molar-refractivity contribution >= 4 is 17.2 Å². The van der Waals surface area contributed by atoms with Crippen LogP contribution in [0.2, 0.25) is 0 Å². The summed E-state index contributed by atoms with van der Waals surface area (Å²) in [5, 5.41) is 3.22. The summed E-state index contributed by atoms with van der Waals surface area (Å²) >= 11 is 0. The second kappa shape index (κ2) is 9.93. The number of esters is 1. The number of carbonyl (C=O) groups excluding carboxylic acids is 1. The lowest BCUT2D eigenvalue weighted by Gasteiger charge is -2.13. The lowest BCUT2D eigenvalue weighted by molar-refractivity contribution is -0.133. The molecule has 5 heteroatoms. The SMILES string of the molecule is C=CCNc1cccc(OCc2ccccc2C(=COC)C(=O)OC)c1. The first-order chi connectivity index (χ1) is 12.7. The molecular formula is C21H23NO4. The van der Waals surface area contributed by atoms with Crippen molar-refractivity contribution in [3.05, 3.63) is 78.6 Å². The van der Waals surface area contributed by atoms with Crippen molar-refractivity contribution in [3.8, 4) is 5.75 Å². The summed E-state index contributed by atoms with van der Waals surface area (Å²) in [4.78, 5) is 12.0. The third-order valence-corrected chi connectivity index (χ3v) is 3.63. The molecule has 0 spiro atoms. The van der Waals surface area contributed by atoms with Gasteiger partial charge in [-0.15, -0.1) is 6.58 Å². The van der Waals surface area contributed by atoms with Gasteiger partial charge in [0, 0.05) is 18.3 Å². The van der Waals surface area contributed by atoms with Crippen LogP contribution in [-0.2, 0) is 20.9 Å². The summed E-state index contributed by atoms with van der Waals surface area (Å²) in [6.07, 6.45) is 3.17. The molecule has 0 fully saturated rings. The summed E-state index contributed by atoms with van der Waals surface area (Å²) in [5.41, 5.74) is 2.86. The molecule has 0 saturated heterocycles.